The second kappa shape index (κ2) is 5.62. The zero-order valence-corrected chi connectivity index (χ0v) is 14.3. The molecule has 2 heterocycles. The van der Waals surface area contributed by atoms with E-state index < -0.39 is 0 Å². The summed E-state index contributed by atoms with van der Waals surface area (Å²) in [5.41, 5.74) is 0.384. The number of rotatable bonds is 5. The Balaban J connectivity index is 1.54. The summed E-state index contributed by atoms with van der Waals surface area (Å²) in [5.74, 6) is 2.15. The van der Waals surface area contributed by atoms with Crippen molar-refractivity contribution in [3.63, 3.8) is 0 Å². The van der Waals surface area contributed by atoms with E-state index in [4.69, 9.17) is 0 Å². The first-order chi connectivity index (χ1) is 11.1. The maximum absolute atomic E-state index is 13.1. The van der Waals surface area contributed by atoms with E-state index >= 15 is 0 Å². The maximum atomic E-state index is 13.1. The molecular formula is C18H28N4O. The van der Waals surface area contributed by atoms with Crippen LogP contribution in [0.25, 0.3) is 0 Å². The van der Waals surface area contributed by atoms with Gasteiger partial charge in [0.05, 0.1) is 6.54 Å². The van der Waals surface area contributed by atoms with Gasteiger partial charge in [0.2, 0.25) is 5.91 Å². The molecule has 0 radical (unpaired) electrons. The number of imidazole rings is 1. The topological polar surface area (TPSA) is 50.2 Å². The summed E-state index contributed by atoms with van der Waals surface area (Å²) in [7, 11) is 2.02. The Morgan fingerprint density at radius 3 is 2.83 bits per heavy atom. The number of carbonyl (C=O) groups is 1. The van der Waals surface area contributed by atoms with Crippen LogP contribution in [0, 0.1) is 17.3 Å². The lowest BCUT2D eigenvalue weighted by atomic mass is 9.93. The minimum absolute atomic E-state index is 0.176. The predicted molar refractivity (Wildman–Crippen MR) is 88.6 cm³/mol. The van der Waals surface area contributed by atoms with Crippen LogP contribution in [-0.2, 0) is 18.4 Å². The number of carbonyl (C=O) groups excluding carboxylic acids is 1. The standard InChI is InChI=1S/C18H28N4O/c1-13(14-3-4-14)17(23)22(12-16-20-9-10-21(16)2)15-11-18(15)5-7-19-8-6-18/h9-10,13-15,19H,3-8,11-12H2,1-2H3/t13-,15+/m1/s1. The Morgan fingerprint density at radius 1 is 1.48 bits per heavy atom. The molecule has 1 saturated heterocycles. The van der Waals surface area contributed by atoms with E-state index in [0.717, 1.165) is 18.9 Å². The Kier molecular flexibility index (Phi) is 3.71. The van der Waals surface area contributed by atoms with Gasteiger partial charge in [-0.2, -0.15) is 0 Å². The molecule has 1 N–H and O–H groups in total. The Bertz CT molecular complexity index is 586. The van der Waals surface area contributed by atoms with E-state index in [1.54, 1.807) is 0 Å². The molecule has 1 spiro atoms. The van der Waals surface area contributed by atoms with Crippen LogP contribution in [0.4, 0.5) is 0 Å². The van der Waals surface area contributed by atoms with Crippen molar-refractivity contribution in [1.29, 1.82) is 0 Å². The average molecular weight is 316 g/mol. The zero-order valence-electron chi connectivity index (χ0n) is 14.3. The third-order valence-electron chi connectivity index (χ3n) is 6.36. The molecule has 1 aliphatic heterocycles. The largest absolute Gasteiger partial charge is 0.337 e. The van der Waals surface area contributed by atoms with Crippen LogP contribution in [0.5, 0.6) is 0 Å². The third-order valence-corrected chi connectivity index (χ3v) is 6.36. The Morgan fingerprint density at radius 2 is 2.22 bits per heavy atom. The molecule has 4 rings (SSSR count). The Hall–Kier alpha value is -1.36. The molecule has 0 unspecified atom stereocenters. The fraction of sp³-hybridized carbons (Fsp3) is 0.778. The van der Waals surface area contributed by atoms with Crippen molar-refractivity contribution in [3.05, 3.63) is 18.2 Å². The van der Waals surface area contributed by atoms with E-state index in [1.165, 1.54) is 32.1 Å². The summed E-state index contributed by atoms with van der Waals surface area (Å²) < 4.78 is 2.04. The SMILES string of the molecule is C[C@@H](C(=O)N(Cc1nccn1C)[C@H]1CC12CCNCC2)C1CC1. The smallest absolute Gasteiger partial charge is 0.226 e. The van der Waals surface area contributed by atoms with Crippen molar-refractivity contribution in [2.75, 3.05) is 13.1 Å². The number of aryl methyl sites for hydroxylation is 1. The maximum Gasteiger partial charge on any atom is 0.226 e. The highest BCUT2D eigenvalue weighted by Crippen LogP contribution is 2.56. The molecule has 1 amide bonds. The predicted octanol–water partition coefficient (Wildman–Crippen LogP) is 1.94. The van der Waals surface area contributed by atoms with E-state index in [9.17, 15) is 4.79 Å². The first kappa shape index (κ1) is 15.2. The second-order valence-corrected chi connectivity index (χ2v) is 7.88. The van der Waals surface area contributed by atoms with Gasteiger partial charge in [-0.25, -0.2) is 4.98 Å². The van der Waals surface area contributed by atoms with Gasteiger partial charge in [-0.15, -0.1) is 0 Å². The number of piperidine rings is 1. The van der Waals surface area contributed by atoms with Crippen LogP contribution in [0.1, 0.15) is 44.9 Å². The molecule has 23 heavy (non-hydrogen) atoms. The van der Waals surface area contributed by atoms with Gasteiger partial charge < -0.3 is 14.8 Å². The van der Waals surface area contributed by atoms with Crippen molar-refractivity contribution in [2.24, 2.45) is 24.3 Å². The lowest BCUT2D eigenvalue weighted by molar-refractivity contribution is -0.137. The first-order valence-electron chi connectivity index (χ1n) is 9.08. The van der Waals surface area contributed by atoms with Gasteiger partial charge in [-0.3, -0.25) is 4.79 Å². The summed E-state index contributed by atoms with van der Waals surface area (Å²) in [4.78, 5) is 19.8. The van der Waals surface area contributed by atoms with Gasteiger partial charge in [0.25, 0.3) is 0 Å². The molecule has 1 aromatic rings. The highest BCUT2D eigenvalue weighted by Gasteiger charge is 2.58. The molecule has 1 aromatic heterocycles. The highest BCUT2D eigenvalue weighted by atomic mass is 16.2. The molecule has 0 aromatic carbocycles. The minimum atomic E-state index is 0.176. The van der Waals surface area contributed by atoms with Gasteiger partial charge in [-0.1, -0.05) is 6.92 Å². The summed E-state index contributed by atoms with van der Waals surface area (Å²) >= 11 is 0. The molecule has 3 aliphatic rings. The lowest BCUT2D eigenvalue weighted by Gasteiger charge is -2.31. The monoisotopic (exact) mass is 316 g/mol. The quantitative estimate of drug-likeness (QED) is 0.903. The number of hydrogen-bond acceptors (Lipinski definition) is 3. The van der Waals surface area contributed by atoms with E-state index in [1.807, 2.05) is 24.0 Å². The van der Waals surface area contributed by atoms with E-state index in [0.29, 0.717) is 29.8 Å². The van der Waals surface area contributed by atoms with E-state index in [-0.39, 0.29) is 5.92 Å². The molecule has 2 aliphatic carbocycles. The van der Waals surface area contributed by atoms with Gasteiger partial charge >= 0.3 is 0 Å². The molecule has 0 bridgehead atoms. The first-order valence-corrected chi connectivity index (χ1v) is 9.08. The molecule has 2 atom stereocenters. The molecular weight excluding hydrogens is 288 g/mol. The minimum Gasteiger partial charge on any atom is -0.337 e. The number of nitrogens with one attached hydrogen (secondary N) is 1. The van der Waals surface area contributed by atoms with Crippen LogP contribution in [-0.4, -0.2) is 39.5 Å². The van der Waals surface area contributed by atoms with Crippen molar-refractivity contribution < 1.29 is 4.79 Å². The van der Waals surface area contributed by atoms with Crippen LogP contribution < -0.4 is 5.32 Å². The summed E-state index contributed by atoms with van der Waals surface area (Å²) in [6, 6.07) is 0.426. The number of aromatic nitrogens is 2. The summed E-state index contributed by atoms with van der Waals surface area (Å²) in [5, 5.41) is 3.45. The molecule has 3 fully saturated rings. The summed E-state index contributed by atoms with van der Waals surface area (Å²) in [6.45, 7) is 4.99. The van der Waals surface area contributed by atoms with Crippen molar-refractivity contribution in [2.45, 2.75) is 51.6 Å². The summed E-state index contributed by atoms with van der Waals surface area (Å²) in [6.07, 6.45) is 9.85. The van der Waals surface area contributed by atoms with Crippen molar-refractivity contribution in [1.82, 2.24) is 19.8 Å². The van der Waals surface area contributed by atoms with Crippen LogP contribution in [0.15, 0.2) is 12.4 Å². The van der Waals surface area contributed by atoms with Gasteiger partial charge in [0, 0.05) is 31.4 Å². The fourth-order valence-corrected chi connectivity index (χ4v) is 4.33. The van der Waals surface area contributed by atoms with E-state index in [2.05, 4.69) is 22.1 Å². The molecule has 126 valence electrons. The number of hydrogen-bond donors (Lipinski definition) is 1. The second-order valence-electron chi connectivity index (χ2n) is 7.88. The Labute approximate surface area is 138 Å². The number of nitrogens with zero attached hydrogens (tertiary/aromatic N) is 3. The molecule has 2 saturated carbocycles. The van der Waals surface area contributed by atoms with Gasteiger partial charge in [0.15, 0.2) is 0 Å². The van der Waals surface area contributed by atoms with Crippen LogP contribution in [0.3, 0.4) is 0 Å². The van der Waals surface area contributed by atoms with Crippen LogP contribution in [0.2, 0.25) is 0 Å². The third kappa shape index (κ3) is 2.80. The zero-order chi connectivity index (χ0) is 16.0. The number of amides is 1. The highest BCUT2D eigenvalue weighted by molar-refractivity contribution is 5.80. The fourth-order valence-electron chi connectivity index (χ4n) is 4.33. The normalized spacial score (nSPS) is 27.0. The van der Waals surface area contributed by atoms with Crippen molar-refractivity contribution >= 4 is 5.91 Å². The van der Waals surface area contributed by atoms with Crippen molar-refractivity contribution in [3.8, 4) is 0 Å². The van der Waals surface area contributed by atoms with Gasteiger partial charge in [-0.05, 0) is 56.5 Å². The average Bonchev–Trinajstić information content (AvgIpc) is 3.47. The van der Waals surface area contributed by atoms with Gasteiger partial charge in [0.1, 0.15) is 5.82 Å². The molecule has 5 heteroatoms. The lowest BCUT2D eigenvalue weighted by Crippen LogP contribution is -2.42. The van der Waals surface area contributed by atoms with Crippen LogP contribution >= 0.6 is 0 Å². The molecule has 5 nitrogen and oxygen atoms in total.